The number of allylic oxidation sites excluding steroid dienone is 1. The van der Waals surface area contributed by atoms with Crippen LogP contribution in [0.15, 0.2) is 30.9 Å². The first-order valence-electron chi connectivity index (χ1n) is 4.03. The first-order valence-corrected chi connectivity index (χ1v) is 4.03. The number of nitrogens with zero attached hydrogens (tertiary/aromatic N) is 1. The molecule has 66 valence electrons. The predicted molar refractivity (Wildman–Crippen MR) is 49.6 cm³/mol. The van der Waals surface area contributed by atoms with E-state index < -0.39 is 0 Å². The summed E-state index contributed by atoms with van der Waals surface area (Å²) in [4.78, 5) is 0. The summed E-state index contributed by atoms with van der Waals surface area (Å²) in [6, 6.07) is 6.52. The maximum Gasteiger partial charge on any atom is 0.123 e. The summed E-state index contributed by atoms with van der Waals surface area (Å²) in [5.74, 6) is -0.265. The Bertz CT molecular complexity index is 350. The summed E-state index contributed by atoms with van der Waals surface area (Å²) >= 11 is 0. The van der Waals surface area contributed by atoms with Gasteiger partial charge in [-0.15, -0.1) is 6.58 Å². The van der Waals surface area contributed by atoms with Crippen molar-refractivity contribution in [3.63, 3.8) is 0 Å². The van der Waals surface area contributed by atoms with E-state index in [1.54, 1.807) is 12.1 Å². The molecule has 0 heterocycles. The van der Waals surface area contributed by atoms with Crippen molar-refractivity contribution in [3.05, 3.63) is 47.8 Å². The summed E-state index contributed by atoms with van der Waals surface area (Å²) in [7, 11) is 0. The standard InChI is InChI=1S/C11H10FN/c1-2-3-10-8-11(12)5-4-9(10)6-7-13/h2,4-5,8H,1,3,6H2. The highest BCUT2D eigenvalue weighted by Gasteiger charge is 2.01. The Morgan fingerprint density at radius 2 is 2.23 bits per heavy atom. The van der Waals surface area contributed by atoms with Crippen molar-refractivity contribution in [2.24, 2.45) is 0 Å². The third-order valence-electron chi connectivity index (χ3n) is 1.80. The Balaban J connectivity index is 3.04. The number of hydrogen-bond acceptors (Lipinski definition) is 1. The summed E-state index contributed by atoms with van der Waals surface area (Å²) in [6.07, 6.45) is 2.63. The van der Waals surface area contributed by atoms with Gasteiger partial charge in [0.2, 0.25) is 0 Å². The normalized spacial score (nSPS) is 9.23. The lowest BCUT2D eigenvalue weighted by molar-refractivity contribution is 0.625. The Labute approximate surface area is 77.1 Å². The minimum atomic E-state index is -0.265. The SMILES string of the molecule is C=CCc1cc(F)ccc1CC#N. The molecule has 0 aliphatic carbocycles. The van der Waals surface area contributed by atoms with Crippen molar-refractivity contribution >= 4 is 0 Å². The number of benzene rings is 1. The maximum atomic E-state index is 12.8. The van der Waals surface area contributed by atoms with E-state index in [2.05, 4.69) is 6.58 Å². The molecule has 1 aromatic carbocycles. The Kier molecular flexibility index (Phi) is 3.22. The summed E-state index contributed by atoms with van der Waals surface area (Å²) < 4.78 is 12.8. The van der Waals surface area contributed by atoms with Crippen LogP contribution < -0.4 is 0 Å². The smallest absolute Gasteiger partial charge is 0.123 e. The molecular formula is C11H10FN. The molecule has 0 amide bonds. The van der Waals surface area contributed by atoms with Gasteiger partial charge < -0.3 is 0 Å². The van der Waals surface area contributed by atoms with Crippen LogP contribution in [0.3, 0.4) is 0 Å². The lowest BCUT2D eigenvalue weighted by atomic mass is 10.0. The van der Waals surface area contributed by atoms with Gasteiger partial charge in [0.05, 0.1) is 12.5 Å². The van der Waals surface area contributed by atoms with Crippen LogP contribution in [0.5, 0.6) is 0 Å². The largest absolute Gasteiger partial charge is 0.207 e. The molecule has 0 aliphatic heterocycles. The van der Waals surface area contributed by atoms with Crippen LogP contribution in [0.1, 0.15) is 11.1 Å². The van der Waals surface area contributed by atoms with Gasteiger partial charge in [0.15, 0.2) is 0 Å². The van der Waals surface area contributed by atoms with Gasteiger partial charge in [-0.3, -0.25) is 0 Å². The fourth-order valence-electron chi connectivity index (χ4n) is 1.20. The van der Waals surface area contributed by atoms with E-state index in [1.165, 1.54) is 12.1 Å². The van der Waals surface area contributed by atoms with Crippen LogP contribution in [0.25, 0.3) is 0 Å². The monoisotopic (exact) mass is 175 g/mol. The number of rotatable bonds is 3. The fourth-order valence-corrected chi connectivity index (χ4v) is 1.20. The lowest BCUT2D eigenvalue weighted by Crippen LogP contribution is -1.92. The van der Waals surface area contributed by atoms with Gasteiger partial charge in [-0.1, -0.05) is 12.1 Å². The van der Waals surface area contributed by atoms with Gasteiger partial charge in [-0.2, -0.15) is 5.26 Å². The van der Waals surface area contributed by atoms with Crippen molar-refractivity contribution in [3.8, 4) is 6.07 Å². The average molecular weight is 175 g/mol. The zero-order chi connectivity index (χ0) is 9.68. The zero-order valence-corrected chi connectivity index (χ0v) is 7.26. The molecule has 0 spiro atoms. The molecule has 2 heteroatoms. The van der Waals surface area contributed by atoms with E-state index in [4.69, 9.17) is 5.26 Å². The first-order chi connectivity index (χ1) is 6.27. The number of nitriles is 1. The van der Waals surface area contributed by atoms with Crippen molar-refractivity contribution in [2.75, 3.05) is 0 Å². The predicted octanol–water partition coefficient (Wildman–Crippen LogP) is 2.62. The number of halogens is 1. The molecule has 0 N–H and O–H groups in total. The van der Waals surface area contributed by atoms with Crippen molar-refractivity contribution in [2.45, 2.75) is 12.8 Å². The molecule has 0 bridgehead atoms. The molecule has 1 aromatic rings. The third-order valence-corrected chi connectivity index (χ3v) is 1.80. The second-order valence-electron chi connectivity index (χ2n) is 2.74. The van der Waals surface area contributed by atoms with Gasteiger partial charge in [-0.25, -0.2) is 4.39 Å². The molecular weight excluding hydrogens is 165 g/mol. The molecule has 0 saturated heterocycles. The van der Waals surface area contributed by atoms with Crippen LogP contribution in [0.4, 0.5) is 4.39 Å². The molecule has 1 nitrogen and oxygen atoms in total. The second kappa shape index (κ2) is 4.42. The van der Waals surface area contributed by atoms with Crippen LogP contribution >= 0.6 is 0 Å². The summed E-state index contributed by atoms with van der Waals surface area (Å²) in [5.41, 5.74) is 1.72. The first kappa shape index (κ1) is 9.47. The van der Waals surface area contributed by atoms with Crippen molar-refractivity contribution < 1.29 is 4.39 Å². The lowest BCUT2D eigenvalue weighted by Gasteiger charge is -2.03. The zero-order valence-electron chi connectivity index (χ0n) is 7.26. The molecule has 0 radical (unpaired) electrons. The van der Waals surface area contributed by atoms with Gasteiger partial charge in [0.1, 0.15) is 5.82 Å². The van der Waals surface area contributed by atoms with Crippen LogP contribution in [0, 0.1) is 17.1 Å². The number of hydrogen-bond donors (Lipinski definition) is 0. The fraction of sp³-hybridized carbons (Fsp3) is 0.182. The van der Waals surface area contributed by atoms with E-state index in [-0.39, 0.29) is 5.82 Å². The highest BCUT2D eigenvalue weighted by molar-refractivity contribution is 5.31. The van der Waals surface area contributed by atoms with E-state index in [9.17, 15) is 4.39 Å². The molecule has 0 saturated carbocycles. The molecule has 0 atom stereocenters. The third kappa shape index (κ3) is 2.41. The van der Waals surface area contributed by atoms with Crippen LogP contribution in [-0.2, 0) is 12.8 Å². The van der Waals surface area contributed by atoms with E-state index in [0.717, 1.165) is 11.1 Å². The van der Waals surface area contributed by atoms with E-state index in [1.807, 2.05) is 6.07 Å². The quantitative estimate of drug-likeness (QED) is 0.648. The molecule has 0 fully saturated rings. The molecule has 0 unspecified atom stereocenters. The molecule has 13 heavy (non-hydrogen) atoms. The van der Waals surface area contributed by atoms with E-state index in [0.29, 0.717) is 12.8 Å². The Hall–Kier alpha value is -1.62. The minimum Gasteiger partial charge on any atom is -0.207 e. The maximum absolute atomic E-state index is 12.8. The van der Waals surface area contributed by atoms with Gasteiger partial charge in [0, 0.05) is 0 Å². The average Bonchev–Trinajstić information content (AvgIpc) is 2.10. The van der Waals surface area contributed by atoms with Gasteiger partial charge in [0.25, 0.3) is 0 Å². The highest BCUT2D eigenvalue weighted by atomic mass is 19.1. The molecule has 1 rings (SSSR count). The summed E-state index contributed by atoms with van der Waals surface area (Å²) in [6.45, 7) is 3.58. The van der Waals surface area contributed by atoms with Gasteiger partial charge >= 0.3 is 0 Å². The van der Waals surface area contributed by atoms with E-state index >= 15 is 0 Å². The minimum absolute atomic E-state index is 0.265. The second-order valence-corrected chi connectivity index (χ2v) is 2.74. The highest BCUT2D eigenvalue weighted by Crippen LogP contribution is 2.12. The summed E-state index contributed by atoms with van der Waals surface area (Å²) in [5, 5.41) is 8.51. The Morgan fingerprint density at radius 1 is 1.46 bits per heavy atom. The van der Waals surface area contributed by atoms with Crippen molar-refractivity contribution in [1.82, 2.24) is 0 Å². The van der Waals surface area contributed by atoms with Crippen LogP contribution in [-0.4, -0.2) is 0 Å². The van der Waals surface area contributed by atoms with Crippen LogP contribution in [0.2, 0.25) is 0 Å². The molecule has 0 aromatic heterocycles. The topological polar surface area (TPSA) is 23.8 Å². The molecule has 0 aliphatic rings. The van der Waals surface area contributed by atoms with Crippen molar-refractivity contribution in [1.29, 1.82) is 5.26 Å². The Morgan fingerprint density at radius 3 is 2.85 bits per heavy atom. The van der Waals surface area contributed by atoms with Gasteiger partial charge in [-0.05, 0) is 29.7 Å².